The van der Waals surface area contributed by atoms with E-state index >= 15 is 0 Å². The molecule has 0 aliphatic rings. The molecule has 3 heteroatoms. The van der Waals surface area contributed by atoms with Crippen molar-refractivity contribution in [3.8, 4) is 5.75 Å². The molecule has 16 heavy (non-hydrogen) atoms. The van der Waals surface area contributed by atoms with Crippen molar-refractivity contribution in [3.63, 3.8) is 0 Å². The lowest BCUT2D eigenvalue weighted by molar-refractivity contribution is 0.164. The van der Waals surface area contributed by atoms with Gasteiger partial charge < -0.3 is 14.8 Å². The van der Waals surface area contributed by atoms with Crippen LogP contribution in [0.25, 0.3) is 0 Å². The molecule has 0 amide bonds. The van der Waals surface area contributed by atoms with Crippen molar-refractivity contribution >= 4 is 5.69 Å². The van der Waals surface area contributed by atoms with E-state index in [0.717, 1.165) is 24.6 Å². The number of methoxy groups -OCH3 is 1. The van der Waals surface area contributed by atoms with E-state index in [9.17, 15) is 0 Å². The number of rotatable bonds is 7. The summed E-state index contributed by atoms with van der Waals surface area (Å²) < 4.78 is 10.6. The van der Waals surface area contributed by atoms with Crippen molar-refractivity contribution in [1.29, 1.82) is 0 Å². The molecule has 1 atom stereocenters. The minimum atomic E-state index is 0.486. The number of hydrogen-bond donors (Lipinski definition) is 1. The number of anilines is 1. The Balaban J connectivity index is 2.52. The minimum Gasteiger partial charge on any atom is -0.492 e. The third-order valence-electron chi connectivity index (χ3n) is 2.28. The minimum absolute atomic E-state index is 0.486. The van der Waals surface area contributed by atoms with Crippen molar-refractivity contribution in [2.75, 3.05) is 32.2 Å². The van der Waals surface area contributed by atoms with Gasteiger partial charge in [0, 0.05) is 13.7 Å². The third-order valence-corrected chi connectivity index (χ3v) is 2.28. The molecule has 0 aliphatic heterocycles. The molecule has 3 nitrogen and oxygen atoms in total. The van der Waals surface area contributed by atoms with Crippen LogP contribution in [0, 0.1) is 5.92 Å². The standard InChI is InChI=1S/C13H21NO2/c1-4-16-13-8-6-5-7-12(13)14-9-11(2)10-15-3/h5-8,11,14H,4,9-10H2,1-3H3. The maximum Gasteiger partial charge on any atom is 0.142 e. The van der Waals surface area contributed by atoms with E-state index in [2.05, 4.69) is 12.2 Å². The molecule has 0 spiro atoms. The fourth-order valence-corrected chi connectivity index (χ4v) is 1.52. The molecular weight excluding hydrogens is 202 g/mol. The smallest absolute Gasteiger partial charge is 0.142 e. The Hall–Kier alpha value is -1.22. The van der Waals surface area contributed by atoms with Crippen molar-refractivity contribution in [2.24, 2.45) is 5.92 Å². The van der Waals surface area contributed by atoms with Gasteiger partial charge in [-0.3, -0.25) is 0 Å². The number of ether oxygens (including phenoxy) is 2. The van der Waals surface area contributed by atoms with E-state index in [4.69, 9.17) is 9.47 Å². The van der Waals surface area contributed by atoms with E-state index in [0.29, 0.717) is 12.5 Å². The molecule has 0 radical (unpaired) electrons. The maximum atomic E-state index is 5.54. The van der Waals surface area contributed by atoms with Crippen molar-refractivity contribution in [1.82, 2.24) is 0 Å². The van der Waals surface area contributed by atoms with Gasteiger partial charge in [0.2, 0.25) is 0 Å². The predicted molar refractivity (Wildman–Crippen MR) is 67.1 cm³/mol. The predicted octanol–water partition coefficient (Wildman–Crippen LogP) is 2.78. The van der Waals surface area contributed by atoms with E-state index in [1.807, 2.05) is 31.2 Å². The van der Waals surface area contributed by atoms with Gasteiger partial charge in [0.25, 0.3) is 0 Å². The zero-order valence-corrected chi connectivity index (χ0v) is 10.3. The van der Waals surface area contributed by atoms with Gasteiger partial charge in [-0.15, -0.1) is 0 Å². The normalized spacial score (nSPS) is 12.2. The molecule has 0 heterocycles. The highest BCUT2D eigenvalue weighted by Crippen LogP contribution is 2.23. The highest BCUT2D eigenvalue weighted by molar-refractivity contribution is 5.56. The van der Waals surface area contributed by atoms with E-state index in [-0.39, 0.29) is 0 Å². The van der Waals surface area contributed by atoms with Crippen LogP contribution in [0.15, 0.2) is 24.3 Å². The van der Waals surface area contributed by atoms with Crippen LogP contribution in [0.5, 0.6) is 5.75 Å². The molecule has 0 aliphatic carbocycles. The number of nitrogens with one attached hydrogen (secondary N) is 1. The molecule has 0 saturated heterocycles. The molecule has 1 unspecified atom stereocenters. The zero-order chi connectivity index (χ0) is 11.8. The lowest BCUT2D eigenvalue weighted by Gasteiger charge is -2.15. The van der Waals surface area contributed by atoms with Crippen LogP contribution in [-0.2, 0) is 4.74 Å². The van der Waals surface area contributed by atoms with Crippen molar-refractivity contribution in [3.05, 3.63) is 24.3 Å². The molecule has 1 rings (SSSR count). The summed E-state index contributed by atoms with van der Waals surface area (Å²) in [6.45, 7) is 6.48. The van der Waals surface area contributed by atoms with Gasteiger partial charge in [-0.05, 0) is 25.0 Å². The van der Waals surface area contributed by atoms with Crippen molar-refractivity contribution < 1.29 is 9.47 Å². The lowest BCUT2D eigenvalue weighted by Crippen LogP contribution is -2.16. The Morgan fingerprint density at radius 1 is 1.31 bits per heavy atom. The number of hydrogen-bond acceptors (Lipinski definition) is 3. The van der Waals surface area contributed by atoms with E-state index in [1.54, 1.807) is 7.11 Å². The molecule has 90 valence electrons. The van der Waals surface area contributed by atoms with Gasteiger partial charge in [-0.1, -0.05) is 19.1 Å². The van der Waals surface area contributed by atoms with E-state index in [1.165, 1.54) is 0 Å². The summed E-state index contributed by atoms with van der Waals surface area (Å²) in [5, 5.41) is 3.38. The second-order valence-corrected chi connectivity index (χ2v) is 3.87. The largest absolute Gasteiger partial charge is 0.492 e. The Labute approximate surface area is 97.8 Å². The third kappa shape index (κ3) is 4.11. The first-order chi connectivity index (χ1) is 7.77. The first-order valence-electron chi connectivity index (χ1n) is 5.72. The molecule has 0 saturated carbocycles. The van der Waals surface area contributed by atoms with Gasteiger partial charge in [0.15, 0.2) is 0 Å². The molecule has 1 aromatic carbocycles. The van der Waals surface area contributed by atoms with Gasteiger partial charge in [0.05, 0.1) is 18.9 Å². The molecule has 0 aromatic heterocycles. The lowest BCUT2D eigenvalue weighted by atomic mass is 10.2. The van der Waals surface area contributed by atoms with Crippen LogP contribution in [0.3, 0.4) is 0 Å². The quantitative estimate of drug-likeness (QED) is 0.771. The van der Waals surface area contributed by atoms with Crippen LogP contribution in [0.2, 0.25) is 0 Å². The summed E-state index contributed by atoms with van der Waals surface area (Å²) in [5.74, 6) is 1.40. The summed E-state index contributed by atoms with van der Waals surface area (Å²) in [5.41, 5.74) is 1.05. The van der Waals surface area contributed by atoms with Gasteiger partial charge >= 0.3 is 0 Å². The first-order valence-corrected chi connectivity index (χ1v) is 5.72. The van der Waals surface area contributed by atoms with Crippen molar-refractivity contribution in [2.45, 2.75) is 13.8 Å². The second kappa shape index (κ2) is 7.12. The average molecular weight is 223 g/mol. The Morgan fingerprint density at radius 2 is 2.06 bits per heavy atom. The highest BCUT2D eigenvalue weighted by atomic mass is 16.5. The van der Waals surface area contributed by atoms with Gasteiger partial charge in [0.1, 0.15) is 5.75 Å². The molecule has 1 N–H and O–H groups in total. The Morgan fingerprint density at radius 3 is 2.75 bits per heavy atom. The van der Waals surface area contributed by atoms with Crippen LogP contribution >= 0.6 is 0 Å². The summed E-state index contributed by atoms with van der Waals surface area (Å²) >= 11 is 0. The fourth-order valence-electron chi connectivity index (χ4n) is 1.52. The Bertz CT molecular complexity index is 302. The van der Waals surface area contributed by atoms with Crippen LogP contribution in [-0.4, -0.2) is 26.9 Å². The van der Waals surface area contributed by atoms with Crippen LogP contribution in [0.4, 0.5) is 5.69 Å². The summed E-state index contributed by atoms with van der Waals surface area (Å²) in [7, 11) is 1.73. The topological polar surface area (TPSA) is 30.5 Å². The zero-order valence-electron chi connectivity index (χ0n) is 10.3. The molecule has 1 aromatic rings. The second-order valence-electron chi connectivity index (χ2n) is 3.87. The van der Waals surface area contributed by atoms with Crippen LogP contribution in [0.1, 0.15) is 13.8 Å². The summed E-state index contributed by atoms with van der Waals surface area (Å²) in [6.07, 6.45) is 0. The maximum absolute atomic E-state index is 5.54. The number of benzene rings is 1. The fraction of sp³-hybridized carbons (Fsp3) is 0.538. The Kier molecular flexibility index (Phi) is 5.72. The number of para-hydroxylation sites is 2. The van der Waals surface area contributed by atoms with Gasteiger partial charge in [-0.25, -0.2) is 0 Å². The average Bonchev–Trinajstić information content (AvgIpc) is 2.29. The molecular formula is C13H21NO2. The SMILES string of the molecule is CCOc1ccccc1NCC(C)COC. The highest BCUT2D eigenvalue weighted by Gasteiger charge is 2.04. The summed E-state index contributed by atoms with van der Waals surface area (Å²) in [4.78, 5) is 0. The molecule has 0 fully saturated rings. The van der Waals surface area contributed by atoms with E-state index < -0.39 is 0 Å². The monoisotopic (exact) mass is 223 g/mol. The molecule has 0 bridgehead atoms. The van der Waals surface area contributed by atoms with Crippen LogP contribution < -0.4 is 10.1 Å². The van der Waals surface area contributed by atoms with Gasteiger partial charge in [-0.2, -0.15) is 0 Å². The first kappa shape index (κ1) is 12.8. The summed E-state index contributed by atoms with van der Waals surface area (Å²) in [6, 6.07) is 8.00.